The molecule has 0 saturated carbocycles. The van der Waals surface area contributed by atoms with Gasteiger partial charge in [-0.1, -0.05) is 13.8 Å². The predicted molar refractivity (Wildman–Crippen MR) is 83.8 cm³/mol. The van der Waals surface area contributed by atoms with Crippen molar-refractivity contribution in [2.45, 2.75) is 25.6 Å². The fourth-order valence-electron chi connectivity index (χ4n) is 2.00. The number of alkyl halides is 3. The first-order valence-corrected chi connectivity index (χ1v) is 7.15. The smallest absolute Gasteiger partial charge is 0.420 e. The van der Waals surface area contributed by atoms with Gasteiger partial charge in [0.05, 0.1) is 0 Å². The standard InChI is InChI=1S/C15H14B2F3NO3/c1-8(2)7-21-12(22)4-3-9-5-10(14(18,19)20)13-11(6-9)23-15(16,17)24-13/h3-6,8H,7H2,1-2H3,(H,21,22)/b4-3+. The van der Waals surface area contributed by atoms with Crippen molar-refractivity contribution in [1.82, 2.24) is 5.32 Å². The Morgan fingerprint density at radius 2 is 2.00 bits per heavy atom. The maximum atomic E-state index is 13.2. The first-order valence-electron chi connectivity index (χ1n) is 7.15. The number of hydrogen-bond donors (Lipinski definition) is 1. The largest absolute Gasteiger partial charge is 0.468 e. The summed E-state index contributed by atoms with van der Waals surface area (Å²) in [5, 5.41) is 2.62. The van der Waals surface area contributed by atoms with E-state index in [1.165, 1.54) is 12.1 Å². The molecule has 1 N–H and O–H groups in total. The highest BCUT2D eigenvalue weighted by atomic mass is 19.4. The van der Waals surface area contributed by atoms with Crippen molar-refractivity contribution < 1.29 is 27.4 Å². The van der Waals surface area contributed by atoms with Crippen LogP contribution in [0.15, 0.2) is 18.2 Å². The van der Waals surface area contributed by atoms with Gasteiger partial charge in [-0.2, -0.15) is 13.2 Å². The lowest BCUT2D eigenvalue weighted by Crippen LogP contribution is -2.39. The summed E-state index contributed by atoms with van der Waals surface area (Å²) >= 11 is 0. The lowest BCUT2D eigenvalue weighted by atomic mass is 9.76. The van der Waals surface area contributed by atoms with Crippen LogP contribution in [-0.4, -0.2) is 33.7 Å². The molecule has 0 bridgehead atoms. The topological polar surface area (TPSA) is 47.6 Å². The van der Waals surface area contributed by atoms with E-state index < -0.39 is 29.0 Å². The Morgan fingerprint density at radius 3 is 2.58 bits per heavy atom. The highest BCUT2D eigenvalue weighted by Gasteiger charge is 2.41. The summed E-state index contributed by atoms with van der Waals surface area (Å²) < 4.78 is 49.3. The van der Waals surface area contributed by atoms with Gasteiger partial charge in [0.25, 0.3) is 0 Å². The molecule has 24 heavy (non-hydrogen) atoms. The first kappa shape index (κ1) is 18.3. The molecule has 0 spiro atoms. The average Bonchev–Trinajstić information content (AvgIpc) is 2.74. The van der Waals surface area contributed by atoms with Gasteiger partial charge in [0, 0.05) is 12.6 Å². The number of carbonyl (C=O) groups is 1. The molecule has 0 aromatic heterocycles. The van der Waals surface area contributed by atoms with E-state index >= 15 is 0 Å². The third-order valence-corrected chi connectivity index (χ3v) is 3.03. The van der Waals surface area contributed by atoms with Crippen LogP contribution >= 0.6 is 0 Å². The number of hydrogen-bond acceptors (Lipinski definition) is 3. The number of halogens is 3. The molecule has 0 saturated heterocycles. The molecule has 1 aliphatic heterocycles. The second-order valence-corrected chi connectivity index (χ2v) is 5.79. The number of ether oxygens (including phenoxy) is 2. The molecule has 4 radical (unpaired) electrons. The van der Waals surface area contributed by atoms with Crippen molar-refractivity contribution >= 4 is 27.7 Å². The van der Waals surface area contributed by atoms with E-state index in [0.717, 1.165) is 12.1 Å². The van der Waals surface area contributed by atoms with Gasteiger partial charge in [-0.3, -0.25) is 4.79 Å². The SMILES string of the molecule is [B]C1([B])Oc2cc(/C=C/C(=O)NCC(C)C)cc(C(F)(F)F)c2O1. The Balaban J connectivity index is 2.28. The fourth-order valence-corrected chi connectivity index (χ4v) is 2.00. The van der Waals surface area contributed by atoms with Crippen molar-refractivity contribution in [1.29, 1.82) is 0 Å². The number of amides is 1. The van der Waals surface area contributed by atoms with Crippen molar-refractivity contribution in [3.63, 3.8) is 0 Å². The van der Waals surface area contributed by atoms with E-state index in [4.69, 9.17) is 25.2 Å². The molecular weight excluding hydrogens is 321 g/mol. The molecule has 2 rings (SSSR count). The molecule has 9 heteroatoms. The second-order valence-electron chi connectivity index (χ2n) is 5.79. The number of rotatable bonds is 4. The third-order valence-electron chi connectivity index (χ3n) is 3.03. The molecule has 1 aromatic rings. The minimum Gasteiger partial charge on any atom is -0.468 e. The number of carbonyl (C=O) groups excluding carboxylic acids is 1. The van der Waals surface area contributed by atoms with Crippen molar-refractivity contribution in [3.05, 3.63) is 29.3 Å². The van der Waals surface area contributed by atoms with Crippen LogP contribution in [0.25, 0.3) is 6.08 Å². The summed E-state index contributed by atoms with van der Waals surface area (Å²) in [6, 6.07) is 2.09. The van der Waals surface area contributed by atoms with E-state index in [-0.39, 0.29) is 17.2 Å². The monoisotopic (exact) mass is 335 g/mol. The molecule has 0 atom stereocenters. The normalized spacial score (nSPS) is 15.9. The van der Waals surface area contributed by atoms with E-state index in [1.54, 1.807) is 0 Å². The van der Waals surface area contributed by atoms with Crippen LogP contribution < -0.4 is 14.8 Å². The predicted octanol–water partition coefficient (Wildman–Crippen LogP) is 2.21. The summed E-state index contributed by atoms with van der Waals surface area (Å²) in [5.41, 5.74) is -3.15. The summed E-state index contributed by atoms with van der Waals surface area (Å²) in [4.78, 5) is 11.6. The van der Waals surface area contributed by atoms with E-state index in [1.807, 2.05) is 13.8 Å². The second kappa shape index (κ2) is 6.45. The van der Waals surface area contributed by atoms with Gasteiger partial charge in [-0.15, -0.1) is 0 Å². The first-order chi connectivity index (χ1) is 11.0. The minimum atomic E-state index is -4.70. The number of nitrogens with one attached hydrogen (secondary N) is 1. The minimum absolute atomic E-state index is 0.0991. The van der Waals surface area contributed by atoms with Crippen LogP contribution in [0.4, 0.5) is 13.2 Å². The summed E-state index contributed by atoms with van der Waals surface area (Å²) in [6.07, 6.45) is -2.32. The van der Waals surface area contributed by atoms with Crippen molar-refractivity contribution in [2.24, 2.45) is 5.92 Å². The van der Waals surface area contributed by atoms with Crippen LogP contribution in [0.5, 0.6) is 11.5 Å². The van der Waals surface area contributed by atoms with E-state index in [2.05, 4.69) is 5.32 Å². The lowest BCUT2D eigenvalue weighted by Gasteiger charge is -2.18. The molecule has 0 unspecified atom stereocenters. The van der Waals surface area contributed by atoms with Crippen LogP contribution in [0, 0.1) is 5.92 Å². The maximum absolute atomic E-state index is 13.2. The molecular formula is C15H14B2F3NO3. The zero-order valence-corrected chi connectivity index (χ0v) is 13.1. The lowest BCUT2D eigenvalue weighted by molar-refractivity contribution is -0.139. The fraction of sp³-hybridized carbons (Fsp3) is 0.400. The quantitative estimate of drug-likeness (QED) is 0.678. The number of benzene rings is 1. The molecule has 0 aliphatic carbocycles. The number of fused-ring (bicyclic) bond motifs is 1. The molecule has 1 aliphatic rings. The molecule has 1 amide bonds. The summed E-state index contributed by atoms with van der Waals surface area (Å²) in [6.45, 7) is 4.30. The zero-order chi connectivity index (χ0) is 18.1. The Bertz CT molecular complexity index is 673. The van der Waals surface area contributed by atoms with E-state index in [0.29, 0.717) is 6.54 Å². The van der Waals surface area contributed by atoms with Crippen molar-refractivity contribution in [2.75, 3.05) is 6.54 Å². The third kappa shape index (κ3) is 4.49. The van der Waals surface area contributed by atoms with Crippen LogP contribution in [0.1, 0.15) is 25.0 Å². The molecule has 4 nitrogen and oxygen atoms in total. The summed E-state index contributed by atoms with van der Waals surface area (Å²) in [5.74, 6) is -0.972. The van der Waals surface area contributed by atoms with Gasteiger partial charge in [-0.05, 0) is 29.7 Å². The molecule has 1 aromatic carbocycles. The van der Waals surface area contributed by atoms with Gasteiger partial charge in [-0.25, -0.2) is 0 Å². The highest BCUT2D eigenvalue weighted by Crippen LogP contribution is 2.47. The maximum Gasteiger partial charge on any atom is 0.420 e. The van der Waals surface area contributed by atoms with Gasteiger partial charge in [0.15, 0.2) is 32.8 Å². The summed E-state index contributed by atoms with van der Waals surface area (Å²) in [7, 11) is 10.7. The molecule has 124 valence electrons. The van der Waals surface area contributed by atoms with Gasteiger partial charge in [0.2, 0.25) is 5.91 Å². The Morgan fingerprint density at radius 1 is 1.33 bits per heavy atom. The Labute approximate surface area is 140 Å². The van der Waals surface area contributed by atoms with Gasteiger partial charge in [0.1, 0.15) is 5.56 Å². The van der Waals surface area contributed by atoms with E-state index in [9.17, 15) is 18.0 Å². The van der Waals surface area contributed by atoms with Crippen molar-refractivity contribution in [3.8, 4) is 11.5 Å². The van der Waals surface area contributed by atoms with Crippen LogP contribution in [0.3, 0.4) is 0 Å². The van der Waals surface area contributed by atoms with Gasteiger partial charge < -0.3 is 14.8 Å². The van der Waals surface area contributed by atoms with Crippen LogP contribution in [-0.2, 0) is 11.0 Å². The Hall–Kier alpha value is -2.05. The highest BCUT2D eigenvalue weighted by molar-refractivity contribution is 6.38. The average molecular weight is 335 g/mol. The van der Waals surface area contributed by atoms with Gasteiger partial charge >= 0.3 is 6.18 Å². The molecule has 0 fully saturated rings. The Kier molecular flexibility index (Phi) is 4.92. The zero-order valence-electron chi connectivity index (χ0n) is 13.1. The molecule has 1 heterocycles. The van der Waals surface area contributed by atoms with Crippen LogP contribution in [0.2, 0.25) is 0 Å².